The average Bonchev–Trinajstić information content (AvgIpc) is 3.99. The minimum Gasteiger partial charge on any atom is -0.449 e. The third-order valence-corrected chi connectivity index (χ3v) is 12.4. The van der Waals surface area contributed by atoms with Crippen LogP contribution in [-0.2, 0) is 42.9 Å². The molecule has 2 unspecified atom stereocenters. The predicted octanol–water partition coefficient (Wildman–Crippen LogP) is -2.23. The Labute approximate surface area is 316 Å². The molecule has 0 bridgehead atoms. The second-order valence-electron chi connectivity index (χ2n) is 15.0. The lowest BCUT2D eigenvalue weighted by molar-refractivity contribution is -0.137. The van der Waals surface area contributed by atoms with Crippen molar-refractivity contribution in [1.82, 2.24) is 31.1 Å². The number of nitrogens with zero attached hydrogens (tertiary/aromatic N) is 2. The number of carbonyl (C=O) groups is 6. The number of carbonyl (C=O) groups excluding carboxylic acids is 6. The highest BCUT2D eigenvalue weighted by molar-refractivity contribution is 6.26. The van der Waals surface area contributed by atoms with Gasteiger partial charge in [-0.2, -0.15) is 0 Å². The van der Waals surface area contributed by atoms with E-state index >= 15 is 0 Å². The molecule has 8 rings (SSSR count). The summed E-state index contributed by atoms with van der Waals surface area (Å²) in [7, 11) is 3.04. The number of nitrogens with one attached hydrogen (secondary N) is 4. The fourth-order valence-electron chi connectivity index (χ4n) is 9.88. The molecule has 8 aliphatic rings. The largest absolute Gasteiger partial charge is 0.449 e. The minimum absolute atomic E-state index is 0.0971. The summed E-state index contributed by atoms with van der Waals surface area (Å²) in [6.07, 6.45) is -0.929. The van der Waals surface area contributed by atoms with E-state index in [0.717, 1.165) is 0 Å². The minimum atomic E-state index is -1.05. The molecular weight excluding hydrogens is 720 g/mol. The zero-order valence-corrected chi connectivity index (χ0v) is 31.1. The van der Waals surface area contributed by atoms with E-state index < -0.39 is 35.5 Å². The number of allylic oxidation sites excluding steroid dienone is 4. The van der Waals surface area contributed by atoms with E-state index in [1.165, 1.54) is 14.2 Å². The zero-order valence-electron chi connectivity index (χ0n) is 31.1. The third-order valence-electron chi connectivity index (χ3n) is 12.4. The normalized spacial score (nSPS) is 33.8. The number of ketones is 4. The van der Waals surface area contributed by atoms with Gasteiger partial charge in [0.25, 0.3) is 0 Å². The number of hydrogen-bond donors (Lipinski definition) is 6. The van der Waals surface area contributed by atoms with Crippen LogP contribution >= 0.6 is 0 Å². The molecule has 8 atom stereocenters. The average molecular weight is 767 g/mol. The highest BCUT2D eigenvalue weighted by atomic mass is 16.6. The number of amides is 2. The van der Waals surface area contributed by atoms with Crippen LogP contribution in [0.3, 0.4) is 0 Å². The molecule has 0 spiro atoms. The van der Waals surface area contributed by atoms with Crippen molar-refractivity contribution in [1.29, 1.82) is 0 Å². The molecule has 0 aromatic carbocycles. The van der Waals surface area contributed by atoms with Crippen LogP contribution in [0.25, 0.3) is 0 Å². The fraction of sp³-hybridized carbons (Fsp3) is 0.611. The van der Waals surface area contributed by atoms with Gasteiger partial charge in [-0.1, -0.05) is 0 Å². The smallest absolute Gasteiger partial charge is 0.404 e. The Morgan fingerprint density at radius 1 is 0.709 bits per heavy atom. The Kier molecular flexibility index (Phi) is 9.07. The molecule has 0 radical (unpaired) electrons. The first kappa shape index (κ1) is 37.1. The van der Waals surface area contributed by atoms with Gasteiger partial charge in [-0.25, -0.2) is 9.59 Å². The van der Waals surface area contributed by atoms with Crippen molar-refractivity contribution in [2.45, 2.75) is 62.3 Å². The van der Waals surface area contributed by atoms with Gasteiger partial charge in [0.1, 0.15) is 13.2 Å². The Balaban J connectivity index is 0.827. The fourth-order valence-corrected chi connectivity index (χ4v) is 9.88. The molecule has 0 aromatic heterocycles. The molecule has 6 heterocycles. The molecule has 8 N–H and O–H groups in total. The number of primary amides is 2. The van der Waals surface area contributed by atoms with E-state index in [0.29, 0.717) is 63.4 Å². The van der Waals surface area contributed by atoms with Crippen molar-refractivity contribution in [3.63, 3.8) is 0 Å². The van der Waals surface area contributed by atoms with E-state index in [9.17, 15) is 28.8 Å². The lowest BCUT2D eigenvalue weighted by Crippen LogP contribution is -2.55. The molecule has 296 valence electrons. The van der Waals surface area contributed by atoms with Crippen molar-refractivity contribution < 1.29 is 52.5 Å². The number of methoxy groups -OCH3 is 2. The molecule has 4 saturated heterocycles. The third kappa shape index (κ3) is 5.34. The summed E-state index contributed by atoms with van der Waals surface area (Å²) >= 11 is 0. The highest BCUT2D eigenvalue weighted by Crippen LogP contribution is 2.57. The van der Waals surface area contributed by atoms with Gasteiger partial charge in [-0.3, -0.25) is 19.2 Å². The second kappa shape index (κ2) is 13.4. The van der Waals surface area contributed by atoms with Gasteiger partial charge >= 0.3 is 12.2 Å². The molecule has 0 saturated carbocycles. The Bertz CT molecular complexity index is 1790. The first-order valence-electron chi connectivity index (χ1n) is 18.5. The molecule has 4 fully saturated rings. The number of rotatable bonds is 16. The van der Waals surface area contributed by atoms with Crippen LogP contribution in [0, 0.1) is 11.8 Å². The van der Waals surface area contributed by atoms with E-state index in [1.54, 1.807) is 13.8 Å². The Morgan fingerprint density at radius 3 is 1.47 bits per heavy atom. The molecule has 2 aliphatic carbocycles. The molecule has 19 nitrogen and oxygen atoms in total. The van der Waals surface area contributed by atoms with E-state index in [2.05, 4.69) is 21.3 Å². The van der Waals surface area contributed by atoms with Gasteiger partial charge < -0.3 is 66.2 Å². The van der Waals surface area contributed by atoms with Gasteiger partial charge in [-0.05, 0) is 26.7 Å². The topological polar surface area (TPSA) is 275 Å². The van der Waals surface area contributed by atoms with Crippen molar-refractivity contribution in [3.05, 3.63) is 45.1 Å². The summed E-state index contributed by atoms with van der Waals surface area (Å²) in [5.41, 5.74) is 10.5. The second-order valence-corrected chi connectivity index (χ2v) is 15.0. The van der Waals surface area contributed by atoms with Crippen molar-refractivity contribution >= 4 is 35.3 Å². The number of ether oxygens (including phenoxy) is 5. The van der Waals surface area contributed by atoms with Crippen molar-refractivity contribution in [3.8, 4) is 0 Å². The van der Waals surface area contributed by atoms with Gasteiger partial charge in [0.05, 0.1) is 46.7 Å². The van der Waals surface area contributed by atoms with Crippen LogP contribution in [0.1, 0.15) is 26.7 Å². The van der Waals surface area contributed by atoms with E-state index in [1.807, 2.05) is 9.80 Å². The van der Waals surface area contributed by atoms with Gasteiger partial charge in [-0.15, -0.1) is 0 Å². The lowest BCUT2D eigenvalue weighted by Gasteiger charge is -2.39. The predicted molar refractivity (Wildman–Crippen MR) is 188 cm³/mol. The maximum Gasteiger partial charge on any atom is 0.404 e. The molecular formula is C36H46N8O11. The molecule has 0 aromatic rings. The Hall–Kier alpha value is -4.82. The van der Waals surface area contributed by atoms with Crippen molar-refractivity contribution in [2.75, 3.05) is 66.8 Å². The van der Waals surface area contributed by atoms with Gasteiger partial charge in [0.2, 0.25) is 23.1 Å². The number of hydrogen-bond acceptors (Lipinski definition) is 17. The summed E-state index contributed by atoms with van der Waals surface area (Å²) in [4.78, 5) is 82.2. The zero-order chi connectivity index (χ0) is 39.1. The summed E-state index contributed by atoms with van der Waals surface area (Å²) < 4.78 is 28.2. The lowest BCUT2D eigenvalue weighted by atomic mass is 9.82. The van der Waals surface area contributed by atoms with E-state index in [4.69, 9.17) is 35.2 Å². The van der Waals surface area contributed by atoms with Crippen LogP contribution in [0.2, 0.25) is 0 Å². The van der Waals surface area contributed by atoms with Gasteiger partial charge in [0, 0.05) is 88.0 Å². The quantitative estimate of drug-likeness (QED) is 0.0551. The molecule has 55 heavy (non-hydrogen) atoms. The van der Waals surface area contributed by atoms with Crippen LogP contribution in [-0.4, -0.2) is 148 Å². The van der Waals surface area contributed by atoms with Crippen LogP contribution in [0.5, 0.6) is 0 Å². The Morgan fingerprint density at radius 2 is 1.11 bits per heavy atom. The maximum atomic E-state index is 14.0. The number of Topliss-reactive ketones (excluding diaryl/α,β-unsaturated/α-hetero) is 4. The number of piperazine rings is 2. The maximum absolute atomic E-state index is 14.0. The summed E-state index contributed by atoms with van der Waals surface area (Å²) in [6, 6.07) is -0.0749. The van der Waals surface area contributed by atoms with Crippen LogP contribution in [0.15, 0.2) is 45.1 Å². The standard InChI is InChI=1S/C36H46N8O11/c1-15-23(29(47)21-17(13-54-33(37)49)35(51-3)31-19(41-31)11-43(35)25(21)27(15)45)39-7-5-9-53-10-6-8-40-24-16(2)28(46)26-22(30(24)48)18(14-55-34(38)50)36(52-4)32-20(42-32)12-44(26)36/h17-20,31-32,39-42H,5-14H2,1-4H3,(H2,37,49)(H2,38,50)/t17-,18-,19?,20?,31+,32+,35-,36-/m1/s1. The first-order chi connectivity index (χ1) is 26.3. The van der Waals surface area contributed by atoms with Gasteiger partial charge in [0.15, 0.2) is 11.4 Å². The van der Waals surface area contributed by atoms with Crippen molar-refractivity contribution in [2.24, 2.45) is 23.3 Å². The first-order valence-corrected chi connectivity index (χ1v) is 18.5. The van der Waals surface area contributed by atoms with E-state index in [-0.39, 0.29) is 94.4 Å². The molecule has 2 amide bonds. The summed E-state index contributed by atoms with van der Waals surface area (Å²) in [6.45, 7) is 5.17. The monoisotopic (exact) mass is 766 g/mol. The highest BCUT2D eigenvalue weighted by Gasteiger charge is 2.74. The summed E-state index contributed by atoms with van der Waals surface area (Å²) in [5.74, 6) is -2.70. The van der Waals surface area contributed by atoms with Crippen LogP contribution < -0.4 is 32.7 Å². The number of nitrogens with two attached hydrogens (primary N) is 2. The number of fused-ring (bicyclic) bond motifs is 8. The molecule has 6 aliphatic heterocycles. The van der Waals surface area contributed by atoms with Crippen LogP contribution in [0.4, 0.5) is 9.59 Å². The summed E-state index contributed by atoms with van der Waals surface area (Å²) in [5, 5.41) is 12.9. The molecule has 19 heteroatoms. The SMILES string of the molecule is CO[C@@]12[C@H](COC(N)=O)C3=C(C(=O)C(C)=C(NCCCOCCCNC4=C(C)C(=O)C5=C(C4=O)[C@@H](COC(N)=O)[C@@]4(OC)[C@H]6NC6CN54)C3=O)N1CC1N[C@@H]12.